The van der Waals surface area contributed by atoms with E-state index in [-0.39, 0.29) is 6.10 Å². The molecule has 0 bridgehead atoms. The Kier molecular flexibility index (Phi) is 32.4. The predicted molar refractivity (Wildman–Crippen MR) is 217 cm³/mol. The standard InChI is InChI=1S/C46H90O4/c1-4-40(3)44(47)37-33-29-25-21-17-13-9-7-6-8-11-15-19-23-27-31-35-41-39-42(41)36-32-28-24-20-16-12-10-14-18-22-26-30-34-38-45(48)43(5-2)46(49)50/h40-45,47-48H,4-39H2,1-3H3,(H,49,50)/t40-,41?,42?,43+,44-,45+/m0/s1. The fourth-order valence-corrected chi connectivity index (χ4v) is 8.33. The minimum Gasteiger partial charge on any atom is -0.481 e. The van der Waals surface area contributed by atoms with Gasteiger partial charge in [0.15, 0.2) is 0 Å². The zero-order valence-electron chi connectivity index (χ0n) is 34.2. The quantitative estimate of drug-likeness (QED) is 0.0554. The molecule has 1 aliphatic rings. The molecule has 1 rings (SSSR count). The van der Waals surface area contributed by atoms with E-state index in [9.17, 15) is 15.0 Å². The van der Waals surface area contributed by atoms with Crippen molar-refractivity contribution in [1.29, 1.82) is 0 Å². The highest BCUT2D eigenvalue weighted by Gasteiger charge is 2.35. The summed E-state index contributed by atoms with van der Waals surface area (Å²) in [6, 6.07) is 0. The van der Waals surface area contributed by atoms with Gasteiger partial charge in [-0.15, -0.1) is 0 Å². The van der Waals surface area contributed by atoms with E-state index in [1.807, 2.05) is 6.92 Å². The summed E-state index contributed by atoms with van der Waals surface area (Å²) in [5.41, 5.74) is 0. The maximum absolute atomic E-state index is 11.1. The second-order valence-corrected chi connectivity index (χ2v) is 17.0. The Morgan fingerprint density at radius 3 is 1.02 bits per heavy atom. The first kappa shape index (κ1) is 47.4. The average molecular weight is 707 g/mol. The molecule has 4 heteroatoms. The van der Waals surface area contributed by atoms with Gasteiger partial charge in [0.1, 0.15) is 0 Å². The summed E-state index contributed by atoms with van der Waals surface area (Å²) in [5, 5.41) is 29.2. The van der Waals surface area contributed by atoms with Crippen molar-refractivity contribution in [1.82, 2.24) is 0 Å². The van der Waals surface area contributed by atoms with Gasteiger partial charge < -0.3 is 15.3 Å². The van der Waals surface area contributed by atoms with Gasteiger partial charge in [0, 0.05) is 0 Å². The van der Waals surface area contributed by atoms with Gasteiger partial charge in [-0.1, -0.05) is 226 Å². The number of hydrogen-bond donors (Lipinski definition) is 3. The molecule has 1 fully saturated rings. The molecule has 0 amide bonds. The monoisotopic (exact) mass is 707 g/mol. The van der Waals surface area contributed by atoms with Gasteiger partial charge in [0.25, 0.3) is 0 Å². The van der Waals surface area contributed by atoms with Gasteiger partial charge >= 0.3 is 5.97 Å². The molecule has 4 nitrogen and oxygen atoms in total. The normalized spacial score (nSPS) is 18.3. The third-order valence-electron chi connectivity index (χ3n) is 12.5. The molecule has 0 spiro atoms. The van der Waals surface area contributed by atoms with Gasteiger partial charge in [0.2, 0.25) is 0 Å². The molecule has 1 saturated carbocycles. The molecule has 0 radical (unpaired) electrons. The third kappa shape index (κ3) is 28.0. The van der Waals surface area contributed by atoms with Crippen molar-refractivity contribution < 1.29 is 20.1 Å². The Morgan fingerprint density at radius 1 is 0.460 bits per heavy atom. The van der Waals surface area contributed by atoms with Gasteiger partial charge in [-0.05, 0) is 43.4 Å². The van der Waals surface area contributed by atoms with Crippen LogP contribution in [0.4, 0.5) is 0 Å². The summed E-state index contributed by atoms with van der Waals surface area (Å²) in [5.74, 6) is 1.17. The molecule has 0 aromatic carbocycles. The van der Waals surface area contributed by atoms with Crippen LogP contribution in [0.5, 0.6) is 0 Å². The zero-order valence-corrected chi connectivity index (χ0v) is 34.2. The van der Waals surface area contributed by atoms with E-state index < -0.39 is 18.0 Å². The van der Waals surface area contributed by atoms with Crippen molar-refractivity contribution in [2.75, 3.05) is 0 Å². The van der Waals surface area contributed by atoms with Crippen molar-refractivity contribution in [2.45, 2.75) is 264 Å². The van der Waals surface area contributed by atoms with E-state index >= 15 is 0 Å². The molecule has 3 N–H and O–H groups in total. The molecule has 50 heavy (non-hydrogen) atoms. The summed E-state index contributed by atoms with van der Waals surface area (Å²) in [6.45, 7) is 6.19. The van der Waals surface area contributed by atoms with Crippen molar-refractivity contribution in [3.05, 3.63) is 0 Å². The fraction of sp³-hybridized carbons (Fsp3) is 0.978. The summed E-state index contributed by atoms with van der Waals surface area (Å²) in [6.07, 6.45) is 47.0. The highest BCUT2D eigenvalue weighted by atomic mass is 16.4. The Balaban J connectivity index is 1.70. The highest BCUT2D eigenvalue weighted by molar-refractivity contribution is 5.70. The Hall–Kier alpha value is -0.610. The van der Waals surface area contributed by atoms with Crippen LogP contribution in [0, 0.1) is 23.7 Å². The zero-order chi connectivity index (χ0) is 36.5. The van der Waals surface area contributed by atoms with Crippen LogP contribution in [0.2, 0.25) is 0 Å². The molecule has 0 heterocycles. The maximum atomic E-state index is 11.1. The van der Waals surface area contributed by atoms with E-state index in [0.29, 0.717) is 18.8 Å². The number of hydrogen-bond acceptors (Lipinski definition) is 3. The number of carbonyl (C=O) groups is 1. The van der Waals surface area contributed by atoms with Crippen molar-refractivity contribution in [2.24, 2.45) is 23.7 Å². The molecule has 0 saturated heterocycles. The first-order valence-corrected chi connectivity index (χ1v) is 23.0. The largest absolute Gasteiger partial charge is 0.481 e. The van der Waals surface area contributed by atoms with Crippen LogP contribution in [-0.2, 0) is 4.79 Å². The van der Waals surface area contributed by atoms with E-state index in [0.717, 1.165) is 37.5 Å². The van der Waals surface area contributed by atoms with Crippen LogP contribution in [0.3, 0.4) is 0 Å². The molecule has 6 atom stereocenters. The SMILES string of the molecule is CC[C@H](C)[C@@H](O)CCCCCCCCCCCCCCCCCCC1CC1CCCCCCCCCCCCCCC[C@@H](O)[C@@H](CC)C(=O)O. The first-order valence-electron chi connectivity index (χ1n) is 23.0. The number of unbranched alkanes of at least 4 members (excludes halogenated alkanes) is 27. The average Bonchev–Trinajstić information content (AvgIpc) is 3.86. The Morgan fingerprint density at radius 2 is 0.740 bits per heavy atom. The summed E-state index contributed by atoms with van der Waals surface area (Å²) < 4.78 is 0. The van der Waals surface area contributed by atoms with Crippen molar-refractivity contribution >= 4 is 5.97 Å². The number of rotatable bonds is 40. The van der Waals surface area contributed by atoms with Gasteiger partial charge in [-0.25, -0.2) is 0 Å². The van der Waals surface area contributed by atoms with Crippen molar-refractivity contribution in [3.63, 3.8) is 0 Å². The summed E-state index contributed by atoms with van der Waals surface area (Å²) in [7, 11) is 0. The van der Waals surface area contributed by atoms with Crippen LogP contribution in [0.1, 0.15) is 252 Å². The molecule has 1 aliphatic carbocycles. The topological polar surface area (TPSA) is 77.8 Å². The lowest BCUT2D eigenvalue weighted by molar-refractivity contribution is -0.146. The lowest BCUT2D eigenvalue weighted by atomic mass is 9.95. The molecular formula is C46H90O4. The van der Waals surface area contributed by atoms with Crippen LogP contribution in [0.15, 0.2) is 0 Å². The van der Waals surface area contributed by atoms with Gasteiger partial charge in [0.05, 0.1) is 18.1 Å². The highest BCUT2D eigenvalue weighted by Crippen LogP contribution is 2.45. The summed E-state index contributed by atoms with van der Waals surface area (Å²) >= 11 is 0. The molecule has 0 aliphatic heterocycles. The van der Waals surface area contributed by atoms with Crippen molar-refractivity contribution in [3.8, 4) is 0 Å². The van der Waals surface area contributed by atoms with E-state index in [1.165, 1.54) is 193 Å². The van der Waals surface area contributed by atoms with Crippen LogP contribution >= 0.6 is 0 Å². The minimum absolute atomic E-state index is 0.0805. The molecule has 0 aromatic rings. The number of aliphatic hydroxyl groups excluding tert-OH is 2. The molecule has 2 unspecified atom stereocenters. The Bertz CT molecular complexity index is 725. The first-order chi connectivity index (χ1) is 24.4. The van der Waals surface area contributed by atoms with Gasteiger partial charge in [-0.2, -0.15) is 0 Å². The molecule has 298 valence electrons. The third-order valence-corrected chi connectivity index (χ3v) is 12.5. The minimum atomic E-state index is -0.861. The summed E-state index contributed by atoms with van der Waals surface area (Å²) in [4.78, 5) is 11.1. The number of aliphatic carboxylic acids is 1. The van der Waals surface area contributed by atoms with E-state index in [4.69, 9.17) is 5.11 Å². The smallest absolute Gasteiger partial charge is 0.309 e. The second kappa shape index (κ2) is 34.2. The Labute approximate surface area is 313 Å². The van der Waals surface area contributed by atoms with Crippen LogP contribution in [0.25, 0.3) is 0 Å². The van der Waals surface area contributed by atoms with E-state index in [2.05, 4.69) is 13.8 Å². The lowest BCUT2D eigenvalue weighted by Gasteiger charge is -2.17. The maximum Gasteiger partial charge on any atom is 0.309 e. The lowest BCUT2D eigenvalue weighted by Crippen LogP contribution is -2.27. The number of carboxylic acids is 1. The molecule has 0 aromatic heterocycles. The molecular weight excluding hydrogens is 617 g/mol. The predicted octanol–water partition coefficient (Wildman–Crippen LogP) is 14.4. The van der Waals surface area contributed by atoms with Crippen LogP contribution < -0.4 is 0 Å². The van der Waals surface area contributed by atoms with Gasteiger partial charge in [-0.3, -0.25) is 4.79 Å². The number of aliphatic hydroxyl groups is 2. The second-order valence-electron chi connectivity index (χ2n) is 17.0. The number of carboxylic acid groups (broad SMARTS) is 1. The van der Waals surface area contributed by atoms with Crippen LogP contribution in [-0.4, -0.2) is 33.5 Å². The fourth-order valence-electron chi connectivity index (χ4n) is 8.33. The van der Waals surface area contributed by atoms with E-state index in [1.54, 1.807) is 0 Å².